The zero-order valence-electron chi connectivity index (χ0n) is 11.0. The SMILES string of the molecule is CCCNc1nc(C)nc(OCCOC)c1C. The van der Waals surface area contributed by atoms with E-state index < -0.39 is 0 Å². The van der Waals surface area contributed by atoms with Crippen molar-refractivity contribution in [3.05, 3.63) is 11.4 Å². The fourth-order valence-electron chi connectivity index (χ4n) is 1.38. The molecule has 5 nitrogen and oxygen atoms in total. The van der Waals surface area contributed by atoms with E-state index in [9.17, 15) is 0 Å². The number of hydrogen-bond donors (Lipinski definition) is 1. The van der Waals surface area contributed by atoms with E-state index in [1.807, 2.05) is 13.8 Å². The molecule has 0 radical (unpaired) electrons. The molecule has 5 heteroatoms. The van der Waals surface area contributed by atoms with Crippen LogP contribution in [0.2, 0.25) is 0 Å². The van der Waals surface area contributed by atoms with Crippen molar-refractivity contribution >= 4 is 5.82 Å². The molecule has 0 aromatic carbocycles. The van der Waals surface area contributed by atoms with E-state index in [0.717, 1.165) is 24.3 Å². The number of nitrogens with one attached hydrogen (secondary N) is 1. The summed E-state index contributed by atoms with van der Waals surface area (Å²) in [6.07, 6.45) is 1.06. The van der Waals surface area contributed by atoms with Gasteiger partial charge in [0.1, 0.15) is 18.2 Å². The van der Waals surface area contributed by atoms with Crippen LogP contribution >= 0.6 is 0 Å². The van der Waals surface area contributed by atoms with Crippen LogP contribution in [0.25, 0.3) is 0 Å². The van der Waals surface area contributed by atoms with Gasteiger partial charge in [-0.25, -0.2) is 4.98 Å². The topological polar surface area (TPSA) is 56.3 Å². The Balaban J connectivity index is 2.77. The van der Waals surface area contributed by atoms with Gasteiger partial charge in [0.05, 0.1) is 12.2 Å². The zero-order chi connectivity index (χ0) is 12.7. The first kappa shape index (κ1) is 13.7. The monoisotopic (exact) mass is 239 g/mol. The lowest BCUT2D eigenvalue weighted by molar-refractivity contribution is 0.143. The lowest BCUT2D eigenvalue weighted by Crippen LogP contribution is -2.11. The molecule has 1 rings (SSSR count). The number of anilines is 1. The molecule has 0 saturated heterocycles. The molecule has 0 atom stereocenters. The number of hydrogen-bond acceptors (Lipinski definition) is 5. The summed E-state index contributed by atoms with van der Waals surface area (Å²) in [5.41, 5.74) is 0.945. The Hall–Kier alpha value is -1.36. The lowest BCUT2D eigenvalue weighted by atomic mass is 10.3. The van der Waals surface area contributed by atoms with Gasteiger partial charge in [-0.05, 0) is 20.3 Å². The van der Waals surface area contributed by atoms with Crippen molar-refractivity contribution in [2.45, 2.75) is 27.2 Å². The van der Waals surface area contributed by atoms with Crippen molar-refractivity contribution < 1.29 is 9.47 Å². The van der Waals surface area contributed by atoms with Crippen molar-refractivity contribution in [3.8, 4) is 5.88 Å². The van der Waals surface area contributed by atoms with E-state index in [1.54, 1.807) is 7.11 Å². The summed E-state index contributed by atoms with van der Waals surface area (Å²) in [6, 6.07) is 0. The average molecular weight is 239 g/mol. The lowest BCUT2D eigenvalue weighted by Gasteiger charge is -2.13. The summed E-state index contributed by atoms with van der Waals surface area (Å²) < 4.78 is 10.5. The number of rotatable bonds is 7. The molecule has 0 bridgehead atoms. The Morgan fingerprint density at radius 3 is 2.59 bits per heavy atom. The molecule has 0 spiro atoms. The third kappa shape index (κ3) is 4.19. The number of aromatic nitrogens is 2. The standard InChI is InChI=1S/C12H21N3O2/c1-5-6-13-11-9(2)12(15-10(3)14-11)17-8-7-16-4/h5-8H2,1-4H3,(H,13,14,15). The van der Waals surface area contributed by atoms with Gasteiger partial charge in [-0.1, -0.05) is 6.92 Å². The van der Waals surface area contributed by atoms with Crippen LogP contribution in [0.15, 0.2) is 0 Å². The molecule has 1 heterocycles. The van der Waals surface area contributed by atoms with Crippen LogP contribution in [-0.2, 0) is 4.74 Å². The van der Waals surface area contributed by atoms with Crippen LogP contribution in [-0.4, -0.2) is 36.8 Å². The fraction of sp³-hybridized carbons (Fsp3) is 0.667. The Morgan fingerprint density at radius 2 is 1.94 bits per heavy atom. The summed E-state index contributed by atoms with van der Waals surface area (Å²) in [5.74, 6) is 2.20. The van der Waals surface area contributed by atoms with E-state index in [2.05, 4.69) is 22.2 Å². The summed E-state index contributed by atoms with van der Waals surface area (Å²) in [5, 5.41) is 3.27. The second-order valence-electron chi connectivity index (χ2n) is 3.82. The van der Waals surface area contributed by atoms with E-state index >= 15 is 0 Å². The first-order valence-electron chi connectivity index (χ1n) is 5.89. The maximum Gasteiger partial charge on any atom is 0.221 e. The second-order valence-corrected chi connectivity index (χ2v) is 3.82. The quantitative estimate of drug-likeness (QED) is 0.737. The van der Waals surface area contributed by atoms with Gasteiger partial charge in [0.2, 0.25) is 5.88 Å². The molecule has 17 heavy (non-hydrogen) atoms. The zero-order valence-corrected chi connectivity index (χ0v) is 11.0. The smallest absolute Gasteiger partial charge is 0.221 e. The molecule has 0 saturated carbocycles. The Kier molecular flexibility index (Phi) is 5.69. The average Bonchev–Trinajstić information content (AvgIpc) is 2.31. The van der Waals surface area contributed by atoms with Crippen molar-refractivity contribution in [2.75, 3.05) is 32.2 Å². The van der Waals surface area contributed by atoms with Gasteiger partial charge in [-0.15, -0.1) is 0 Å². The molecule has 0 fully saturated rings. The predicted molar refractivity (Wildman–Crippen MR) is 67.7 cm³/mol. The van der Waals surface area contributed by atoms with Gasteiger partial charge in [0.25, 0.3) is 0 Å². The molecule has 0 amide bonds. The second kappa shape index (κ2) is 7.06. The van der Waals surface area contributed by atoms with Gasteiger partial charge in [-0.2, -0.15) is 4.98 Å². The van der Waals surface area contributed by atoms with Crippen molar-refractivity contribution in [2.24, 2.45) is 0 Å². The van der Waals surface area contributed by atoms with Gasteiger partial charge >= 0.3 is 0 Å². The highest BCUT2D eigenvalue weighted by Gasteiger charge is 2.09. The predicted octanol–water partition coefficient (Wildman–Crippen LogP) is 1.94. The molecule has 0 aliphatic carbocycles. The Labute approximate surface area is 103 Å². The molecule has 96 valence electrons. The van der Waals surface area contributed by atoms with Gasteiger partial charge in [-0.3, -0.25) is 0 Å². The fourth-order valence-corrected chi connectivity index (χ4v) is 1.38. The number of methoxy groups -OCH3 is 1. The van der Waals surface area contributed by atoms with Gasteiger partial charge in [0, 0.05) is 13.7 Å². The number of aryl methyl sites for hydroxylation is 1. The Morgan fingerprint density at radius 1 is 1.18 bits per heavy atom. The van der Waals surface area contributed by atoms with E-state index in [4.69, 9.17) is 9.47 Å². The van der Waals surface area contributed by atoms with Crippen LogP contribution in [0.1, 0.15) is 24.7 Å². The highest BCUT2D eigenvalue weighted by molar-refractivity contribution is 5.48. The minimum absolute atomic E-state index is 0.501. The van der Waals surface area contributed by atoms with Crippen molar-refractivity contribution in [1.82, 2.24) is 9.97 Å². The summed E-state index contributed by atoms with van der Waals surface area (Å²) in [4.78, 5) is 8.65. The summed E-state index contributed by atoms with van der Waals surface area (Å²) in [6.45, 7) is 7.89. The maximum atomic E-state index is 5.56. The third-order valence-corrected chi connectivity index (χ3v) is 2.28. The molecule has 0 aliphatic heterocycles. The number of nitrogens with zero attached hydrogens (tertiary/aromatic N) is 2. The molecule has 1 aromatic heterocycles. The van der Waals surface area contributed by atoms with Crippen LogP contribution < -0.4 is 10.1 Å². The highest BCUT2D eigenvalue weighted by Crippen LogP contribution is 2.21. The van der Waals surface area contributed by atoms with E-state index in [1.165, 1.54) is 0 Å². The molecular formula is C12H21N3O2. The van der Waals surface area contributed by atoms with Crippen LogP contribution in [0, 0.1) is 13.8 Å². The van der Waals surface area contributed by atoms with Crippen LogP contribution in [0.4, 0.5) is 5.82 Å². The van der Waals surface area contributed by atoms with E-state index in [0.29, 0.717) is 24.9 Å². The van der Waals surface area contributed by atoms with Gasteiger partial charge < -0.3 is 14.8 Å². The maximum absolute atomic E-state index is 5.56. The first-order valence-corrected chi connectivity index (χ1v) is 5.89. The largest absolute Gasteiger partial charge is 0.475 e. The van der Waals surface area contributed by atoms with Gasteiger partial charge in [0.15, 0.2) is 0 Å². The molecule has 0 unspecified atom stereocenters. The van der Waals surface area contributed by atoms with E-state index in [-0.39, 0.29) is 0 Å². The molecule has 0 aliphatic rings. The molecular weight excluding hydrogens is 218 g/mol. The summed E-state index contributed by atoms with van der Waals surface area (Å²) in [7, 11) is 1.65. The highest BCUT2D eigenvalue weighted by atomic mass is 16.5. The van der Waals surface area contributed by atoms with Crippen LogP contribution in [0.3, 0.4) is 0 Å². The third-order valence-electron chi connectivity index (χ3n) is 2.28. The first-order chi connectivity index (χ1) is 8.19. The van der Waals surface area contributed by atoms with Crippen LogP contribution in [0.5, 0.6) is 5.88 Å². The van der Waals surface area contributed by atoms with Crippen molar-refractivity contribution in [1.29, 1.82) is 0 Å². The molecule has 1 aromatic rings. The number of ether oxygens (including phenoxy) is 2. The minimum atomic E-state index is 0.501. The van der Waals surface area contributed by atoms with Crippen molar-refractivity contribution in [3.63, 3.8) is 0 Å². The summed E-state index contributed by atoms with van der Waals surface area (Å²) >= 11 is 0. The Bertz CT molecular complexity index is 356. The minimum Gasteiger partial charge on any atom is -0.475 e. The normalized spacial score (nSPS) is 10.4. The molecule has 1 N–H and O–H groups in total.